The van der Waals surface area contributed by atoms with Gasteiger partial charge in [-0.1, -0.05) is 18.2 Å². The lowest BCUT2D eigenvalue weighted by Crippen LogP contribution is -2.32. The third-order valence-corrected chi connectivity index (χ3v) is 4.62. The van der Waals surface area contributed by atoms with E-state index in [1.807, 2.05) is 6.07 Å². The standard InChI is InChI=1S/C12H16ClNO4S/c13-7-9-19(17,18)8-6-11(12(15)16)14-10-4-2-1-3-5-10/h1-5,11,14H,6-9H2,(H,15,16). The Morgan fingerprint density at radius 2 is 1.89 bits per heavy atom. The highest BCUT2D eigenvalue weighted by Gasteiger charge is 2.20. The zero-order chi connectivity index (χ0) is 14.3. The van der Waals surface area contributed by atoms with Crippen molar-refractivity contribution < 1.29 is 18.3 Å². The highest BCUT2D eigenvalue weighted by molar-refractivity contribution is 7.91. The first-order valence-corrected chi connectivity index (χ1v) is 8.11. The van der Waals surface area contributed by atoms with Gasteiger partial charge in [-0.25, -0.2) is 13.2 Å². The number of alkyl halides is 1. The van der Waals surface area contributed by atoms with Crippen LogP contribution in [0.3, 0.4) is 0 Å². The molecule has 0 amide bonds. The van der Waals surface area contributed by atoms with E-state index in [-0.39, 0.29) is 23.8 Å². The summed E-state index contributed by atoms with van der Waals surface area (Å²) in [4.78, 5) is 11.1. The summed E-state index contributed by atoms with van der Waals surface area (Å²) in [6, 6.07) is 7.86. The Morgan fingerprint density at radius 1 is 1.26 bits per heavy atom. The Labute approximate surface area is 117 Å². The number of carboxylic acid groups (broad SMARTS) is 1. The fourth-order valence-corrected chi connectivity index (χ4v) is 3.25. The molecule has 0 aliphatic rings. The molecule has 0 fully saturated rings. The molecule has 0 spiro atoms. The Bertz CT molecular complexity index is 504. The largest absolute Gasteiger partial charge is 0.480 e. The van der Waals surface area contributed by atoms with E-state index in [4.69, 9.17) is 16.7 Å². The van der Waals surface area contributed by atoms with E-state index in [9.17, 15) is 13.2 Å². The lowest BCUT2D eigenvalue weighted by atomic mass is 10.2. The number of nitrogens with one attached hydrogen (secondary N) is 1. The predicted octanol–water partition coefficient (Wildman–Crippen LogP) is 1.60. The lowest BCUT2D eigenvalue weighted by molar-refractivity contribution is -0.137. The predicted molar refractivity (Wildman–Crippen MR) is 75.5 cm³/mol. The molecule has 0 bridgehead atoms. The van der Waals surface area contributed by atoms with Crippen LogP contribution in [0, 0.1) is 0 Å². The summed E-state index contributed by atoms with van der Waals surface area (Å²) in [5, 5.41) is 11.9. The molecule has 0 radical (unpaired) electrons. The van der Waals surface area contributed by atoms with Crippen molar-refractivity contribution in [3.05, 3.63) is 30.3 Å². The monoisotopic (exact) mass is 305 g/mol. The Hall–Kier alpha value is -1.27. The first kappa shape index (κ1) is 15.8. The second-order valence-corrected chi connectivity index (χ2v) is 6.71. The molecular formula is C12H16ClNO4S. The van der Waals surface area contributed by atoms with Crippen molar-refractivity contribution in [3.8, 4) is 0 Å². The summed E-state index contributed by atoms with van der Waals surface area (Å²) in [6.45, 7) is 0. The van der Waals surface area contributed by atoms with Crippen molar-refractivity contribution in [2.45, 2.75) is 12.5 Å². The van der Waals surface area contributed by atoms with Gasteiger partial charge >= 0.3 is 5.97 Å². The molecule has 1 rings (SSSR count). The number of rotatable bonds is 8. The zero-order valence-corrected chi connectivity index (χ0v) is 11.8. The molecule has 106 valence electrons. The van der Waals surface area contributed by atoms with Gasteiger partial charge in [0.2, 0.25) is 0 Å². The van der Waals surface area contributed by atoms with Gasteiger partial charge in [0, 0.05) is 11.6 Å². The van der Waals surface area contributed by atoms with E-state index in [1.165, 1.54) is 0 Å². The van der Waals surface area contributed by atoms with E-state index >= 15 is 0 Å². The van der Waals surface area contributed by atoms with Gasteiger partial charge in [0.15, 0.2) is 9.84 Å². The number of anilines is 1. The second kappa shape index (κ2) is 7.35. The van der Waals surface area contributed by atoms with Crippen LogP contribution >= 0.6 is 11.6 Å². The van der Waals surface area contributed by atoms with Crippen LogP contribution in [0.4, 0.5) is 5.69 Å². The molecule has 0 aromatic heterocycles. The number of benzene rings is 1. The SMILES string of the molecule is O=C(O)C(CCS(=O)(=O)CCCl)Nc1ccccc1. The highest BCUT2D eigenvalue weighted by atomic mass is 35.5. The number of aliphatic carboxylic acids is 1. The molecule has 1 aromatic carbocycles. The number of hydrogen-bond acceptors (Lipinski definition) is 4. The topological polar surface area (TPSA) is 83.5 Å². The van der Waals surface area contributed by atoms with Crippen LogP contribution in [-0.2, 0) is 14.6 Å². The average Bonchev–Trinajstić information content (AvgIpc) is 2.35. The Kier molecular flexibility index (Phi) is 6.11. The van der Waals surface area contributed by atoms with Gasteiger partial charge in [-0.15, -0.1) is 11.6 Å². The lowest BCUT2D eigenvalue weighted by Gasteiger charge is -2.15. The van der Waals surface area contributed by atoms with Crippen molar-refractivity contribution in [3.63, 3.8) is 0 Å². The van der Waals surface area contributed by atoms with E-state index in [1.54, 1.807) is 24.3 Å². The van der Waals surface area contributed by atoms with Gasteiger partial charge in [0.05, 0.1) is 11.5 Å². The molecule has 19 heavy (non-hydrogen) atoms. The summed E-state index contributed by atoms with van der Waals surface area (Å²) in [5.74, 6) is -1.39. The number of hydrogen-bond donors (Lipinski definition) is 2. The molecule has 0 saturated heterocycles. The van der Waals surface area contributed by atoms with Crippen molar-refractivity contribution >= 4 is 33.1 Å². The molecule has 0 aliphatic carbocycles. The number of carbonyl (C=O) groups is 1. The fraction of sp³-hybridized carbons (Fsp3) is 0.417. The van der Waals surface area contributed by atoms with Crippen LogP contribution in [0.15, 0.2) is 30.3 Å². The number of sulfone groups is 1. The van der Waals surface area contributed by atoms with Gasteiger partial charge in [0.1, 0.15) is 6.04 Å². The minimum atomic E-state index is -3.29. The first-order valence-electron chi connectivity index (χ1n) is 5.75. The molecule has 1 atom stereocenters. The van der Waals surface area contributed by atoms with Crippen LogP contribution in [0.2, 0.25) is 0 Å². The second-order valence-electron chi connectivity index (χ2n) is 4.03. The Morgan fingerprint density at radius 3 is 2.42 bits per heavy atom. The van der Waals surface area contributed by atoms with E-state index in [2.05, 4.69) is 5.32 Å². The Balaban J connectivity index is 2.62. The van der Waals surface area contributed by atoms with Crippen LogP contribution in [0.25, 0.3) is 0 Å². The van der Waals surface area contributed by atoms with Crippen LogP contribution < -0.4 is 5.32 Å². The molecule has 0 aliphatic heterocycles. The maximum Gasteiger partial charge on any atom is 0.326 e. The van der Waals surface area contributed by atoms with Gasteiger partial charge < -0.3 is 10.4 Å². The molecule has 1 aromatic rings. The number of halogens is 1. The third-order valence-electron chi connectivity index (χ3n) is 2.52. The summed E-state index contributed by atoms with van der Waals surface area (Å²) < 4.78 is 23.0. The van der Waals surface area contributed by atoms with Gasteiger partial charge in [-0.05, 0) is 18.6 Å². The quantitative estimate of drug-likeness (QED) is 0.713. The van der Waals surface area contributed by atoms with Crippen molar-refractivity contribution in [2.75, 3.05) is 22.7 Å². The molecule has 0 saturated carbocycles. The van der Waals surface area contributed by atoms with Crippen molar-refractivity contribution in [2.24, 2.45) is 0 Å². The zero-order valence-electron chi connectivity index (χ0n) is 10.3. The molecule has 1 unspecified atom stereocenters. The molecule has 7 heteroatoms. The van der Waals surface area contributed by atoms with Gasteiger partial charge in [0.25, 0.3) is 0 Å². The number of carboxylic acids is 1. The van der Waals surface area contributed by atoms with Crippen LogP contribution in [-0.4, -0.2) is 42.9 Å². The van der Waals surface area contributed by atoms with Crippen LogP contribution in [0.5, 0.6) is 0 Å². The maximum absolute atomic E-state index is 11.5. The third kappa shape index (κ3) is 5.94. The van der Waals surface area contributed by atoms with E-state index in [0.29, 0.717) is 5.69 Å². The minimum absolute atomic E-state index is 0.00342. The number of para-hydroxylation sites is 1. The smallest absolute Gasteiger partial charge is 0.326 e. The molecular weight excluding hydrogens is 290 g/mol. The fourth-order valence-electron chi connectivity index (χ4n) is 1.51. The molecule has 0 heterocycles. The van der Waals surface area contributed by atoms with Gasteiger partial charge in [-0.3, -0.25) is 0 Å². The maximum atomic E-state index is 11.5. The highest BCUT2D eigenvalue weighted by Crippen LogP contribution is 2.10. The van der Waals surface area contributed by atoms with Crippen molar-refractivity contribution in [1.29, 1.82) is 0 Å². The molecule has 5 nitrogen and oxygen atoms in total. The summed E-state index contributed by atoms with van der Waals surface area (Å²) >= 11 is 5.38. The molecule has 2 N–H and O–H groups in total. The van der Waals surface area contributed by atoms with E-state index in [0.717, 1.165) is 0 Å². The van der Waals surface area contributed by atoms with E-state index < -0.39 is 21.8 Å². The normalized spacial score (nSPS) is 12.9. The minimum Gasteiger partial charge on any atom is -0.480 e. The average molecular weight is 306 g/mol. The first-order chi connectivity index (χ1) is 8.94. The van der Waals surface area contributed by atoms with Gasteiger partial charge in [-0.2, -0.15) is 0 Å². The summed E-state index contributed by atoms with van der Waals surface area (Å²) in [6.07, 6.45) is 0.00342. The van der Waals surface area contributed by atoms with Crippen molar-refractivity contribution in [1.82, 2.24) is 0 Å². The summed E-state index contributed by atoms with van der Waals surface area (Å²) in [7, 11) is -3.29. The van der Waals surface area contributed by atoms with Crippen LogP contribution in [0.1, 0.15) is 6.42 Å². The summed E-state index contributed by atoms with van der Waals surface area (Å²) in [5.41, 5.74) is 0.643.